The second-order valence-corrected chi connectivity index (χ2v) is 7.93. The number of nitrogens with zero attached hydrogens (tertiary/aromatic N) is 3. The van der Waals surface area contributed by atoms with Gasteiger partial charge < -0.3 is 15.5 Å². The van der Waals surface area contributed by atoms with Crippen molar-refractivity contribution in [3.8, 4) is 0 Å². The van der Waals surface area contributed by atoms with Crippen LogP contribution < -0.4 is 15.5 Å². The Kier molecular flexibility index (Phi) is 6.49. The fourth-order valence-electron chi connectivity index (χ4n) is 3.79. The Hall–Kier alpha value is -2.63. The summed E-state index contributed by atoms with van der Waals surface area (Å²) in [7, 11) is 3.97. The second kappa shape index (κ2) is 9.04. The molecule has 1 aliphatic carbocycles. The fourth-order valence-corrected chi connectivity index (χ4v) is 3.79. The highest BCUT2D eigenvalue weighted by Gasteiger charge is 2.27. The standard InChI is InChI=1S/C22H31N5O/c1-15-14-23-22(26-20(15)27(3)4)25-19-12-10-18(11-13-19)21(28)24-16(2)17-8-6-5-7-9-17/h5-9,14,16,18-19H,10-13H2,1-4H3,(H,24,28)(H,23,25,26)/t16-,18-,19+/m1/s1. The second-order valence-electron chi connectivity index (χ2n) is 7.93. The number of rotatable bonds is 6. The molecule has 0 saturated heterocycles. The SMILES string of the molecule is Cc1cnc(N[C@H]2CC[C@@H](C(=O)N[C@H](C)c3ccccc3)CC2)nc1N(C)C. The summed E-state index contributed by atoms with van der Waals surface area (Å²) in [6.07, 6.45) is 5.53. The first kappa shape index (κ1) is 20.1. The van der Waals surface area contributed by atoms with E-state index in [0.29, 0.717) is 12.0 Å². The number of aryl methyl sites for hydroxylation is 1. The zero-order valence-corrected chi connectivity index (χ0v) is 17.3. The molecular weight excluding hydrogens is 350 g/mol. The first-order valence-corrected chi connectivity index (χ1v) is 10.1. The maximum absolute atomic E-state index is 12.6. The molecular formula is C22H31N5O. The summed E-state index contributed by atoms with van der Waals surface area (Å²) in [6, 6.07) is 10.5. The van der Waals surface area contributed by atoms with Crippen LogP contribution in [0.5, 0.6) is 0 Å². The van der Waals surface area contributed by atoms with Gasteiger partial charge in [0.15, 0.2) is 0 Å². The van der Waals surface area contributed by atoms with Gasteiger partial charge in [-0.2, -0.15) is 4.98 Å². The predicted molar refractivity (Wildman–Crippen MR) is 113 cm³/mol. The summed E-state index contributed by atoms with van der Waals surface area (Å²) in [4.78, 5) is 23.7. The summed E-state index contributed by atoms with van der Waals surface area (Å²) in [5.74, 6) is 1.84. The Morgan fingerprint density at radius 2 is 1.82 bits per heavy atom. The number of carbonyl (C=O) groups excluding carboxylic acids is 1. The number of aromatic nitrogens is 2. The third-order valence-corrected chi connectivity index (χ3v) is 5.46. The average molecular weight is 382 g/mol. The topological polar surface area (TPSA) is 70.1 Å². The van der Waals surface area contributed by atoms with E-state index in [1.165, 1.54) is 0 Å². The molecule has 1 fully saturated rings. The van der Waals surface area contributed by atoms with E-state index in [4.69, 9.17) is 0 Å². The molecule has 2 N–H and O–H groups in total. The van der Waals surface area contributed by atoms with Crippen LogP contribution in [-0.2, 0) is 4.79 Å². The molecule has 3 rings (SSSR count). The van der Waals surface area contributed by atoms with Crippen LogP contribution in [0, 0.1) is 12.8 Å². The molecule has 150 valence electrons. The minimum absolute atomic E-state index is 0.0370. The largest absolute Gasteiger partial charge is 0.362 e. The molecule has 0 aliphatic heterocycles. The number of hydrogen-bond acceptors (Lipinski definition) is 5. The summed E-state index contributed by atoms with van der Waals surface area (Å²) >= 11 is 0. The van der Waals surface area contributed by atoms with E-state index < -0.39 is 0 Å². The van der Waals surface area contributed by atoms with Crippen molar-refractivity contribution in [1.82, 2.24) is 15.3 Å². The van der Waals surface area contributed by atoms with Crippen LogP contribution in [0.1, 0.15) is 49.8 Å². The van der Waals surface area contributed by atoms with Gasteiger partial charge in [0.1, 0.15) is 5.82 Å². The van der Waals surface area contributed by atoms with Crippen LogP contribution >= 0.6 is 0 Å². The zero-order chi connectivity index (χ0) is 20.1. The first-order valence-electron chi connectivity index (χ1n) is 10.1. The molecule has 1 aromatic heterocycles. The summed E-state index contributed by atoms with van der Waals surface area (Å²) in [6.45, 7) is 4.05. The van der Waals surface area contributed by atoms with E-state index in [0.717, 1.165) is 42.6 Å². The van der Waals surface area contributed by atoms with Crippen LogP contribution in [0.4, 0.5) is 11.8 Å². The quantitative estimate of drug-likeness (QED) is 0.798. The molecule has 0 unspecified atom stereocenters. The zero-order valence-electron chi connectivity index (χ0n) is 17.3. The molecule has 1 atom stereocenters. The average Bonchev–Trinajstić information content (AvgIpc) is 2.70. The highest BCUT2D eigenvalue weighted by atomic mass is 16.1. The van der Waals surface area contributed by atoms with E-state index >= 15 is 0 Å². The Balaban J connectivity index is 1.50. The maximum Gasteiger partial charge on any atom is 0.224 e. The molecule has 0 radical (unpaired) electrons. The number of amides is 1. The Morgan fingerprint density at radius 1 is 1.14 bits per heavy atom. The number of carbonyl (C=O) groups is 1. The summed E-state index contributed by atoms with van der Waals surface area (Å²) in [5.41, 5.74) is 2.20. The lowest BCUT2D eigenvalue weighted by atomic mass is 9.85. The van der Waals surface area contributed by atoms with Gasteiger partial charge in [0.2, 0.25) is 11.9 Å². The monoisotopic (exact) mass is 381 g/mol. The van der Waals surface area contributed by atoms with Crippen molar-refractivity contribution in [3.63, 3.8) is 0 Å². The summed E-state index contributed by atoms with van der Waals surface area (Å²) in [5, 5.41) is 6.62. The van der Waals surface area contributed by atoms with E-state index in [1.54, 1.807) is 0 Å². The van der Waals surface area contributed by atoms with Crippen molar-refractivity contribution in [2.75, 3.05) is 24.3 Å². The molecule has 2 aromatic rings. The van der Waals surface area contributed by atoms with Crippen molar-refractivity contribution in [2.24, 2.45) is 5.92 Å². The van der Waals surface area contributed by atoms with Crippen molar-refractivity contribution in [3.05, 3.63) is 47.7 Å². The van der Waals surface area contributed by atoms with Gasteiger partial charge in [0.25, 0.3) is 0 Å². The van der Waals surface area contributed by atoms with Gasteiger partial charge >= 0.3 is 0 Å². The summed E-state index contributed by atoms with van der Waals surface area (Å²) < 4.78 is 0. The number of benzene rings is 1. The highest BCUT2D eigenvalue weighted by Crippen LogP contribution is 2.27. The van der Waals surface area contributed by atoms with Gasteiger partial charge in [0, 0.05) is 37.8 Å². The minimum Gasteiger partial charge on any atom is -0.362 e. The van der Waals surface area contributed by atoms with Crippen molar-refractivity contribution >= 4 is 17.7 Å². The van der Waals surface area contributed by atoms with E-state index in [2.05, 4.69) is 32.7 Å². The molecule has 6 nitrogen and oxygen atoms in total. The van der Waals surface area contributed by atoms with E-state index in [1.807, 2.05) is 57.2 Å². The molecule has 1 heterocycles. The van der Waals surface area contributed by atoms with Gasteiger partial charge in [-0.3, -0.25) is 4.79 Å². The van der Waals surface area contributed by atoms with E-state index in [9.17, 15) is 4.79 Å². The Labute approximate surface area is 167 Å². The lowest BCUT2D eigenvalue weighted by Gasteiger charge is -2.29. The van der Waals surface area contributed by atoms with E-state index in [-0.39, 0.29) is 17.9 Å². The van der Waals surface area contributed by atoms with Crippen LogP contribution in [0.2, 0.25) is 0 Å². The van der Waals surface area contributed by atoms with Crippen molar-refractivity contribution in [2.45, 2.75) is 51.6 Å². The molecule has 1 amide bonds. The third-order valence-electron chi connectivity index (χ3n) is 5.46. The van der Waals surface area contributed by atoms with Gasteiger partial charge in [-0.1, -0.05) is 30.3 Å². The lowest BCUT2D eigenvalue weighted by Crippen LogP contribution is -2.37. The lowest BCUT2D eigenvalue weighted by molar-refractivity contribution is -0.126. The van der Waals surface area contributed by atoms with Crippen LogP contribution in [0.3, 0.4) is 0 Å². The minimum atomic E-state index is 0.0370. The molecule has 0 bridgehead atoms. The first-order chi connectivity index (χ1) is 13.4. The predicted octanol–water partition coefficient (Wildman–Crippen LogP) is 3.70. The van der Waals surface area contributed by atoms with Crippen LogP contribution in [0.25, 0.3) is 0 Å². The number of anilines is 2. The van der Waals surface area contributed by atoms with Gasteiger partial charge in [-0.25, -0.2) is 4.98 Å². The molecule has 1 aromatic carbocycles. The van der Waals surface area contributed by atoms with Crippen LogP contribution in [0.15, 0.2) is 36.5 Å². The molecule has 28 heavy (non-hydrogen) atoms. The Morgan fingerprint density at radius 3 is 2.46 bits per heavy atom. The Bertz CT molecular complexity index is 785. The van der Waals surface area contributed by atoms with Gasteiger partial charge in [-0.15, -0.1) is 0 Å². The van der Waals surface area contributed by atoms with Crippen LogP contribution in [-0.4, -0.2) is 36.0 Å². The van der Waals surface area contributed by atoms with Gasteiger partial charge in [-0.05, 0) is 45.1 Å². The molecule has 6 heteroatoms. The molecule has 0 spiro atoms. The van der Waals surface area contributed by atoms with Gasteiger partial charge in [0.05, 0.1) is 6.04 Å². The number of nitrogens with one attached hydrogen (secondary N) is 2. The maximum atomic E-state index is 12.6. The number of hydrogen-bond donors (Lipinski definition) is 2. The normalized spacial score (nSPS) is 20.3. The molecule has 1 aliphatic rings. The van der Waals surface area contributed by atoms with Crippen molar-refractivity contribution in [1.29, 1.82) is 0 Å². The third kappa shape index (κ3) is 5.00. The molecule has 1 saturated carbocycles. The smallest absolute Gasteiger partial charge is 0.224 e. The van der Waals surface area contributed by atoms with Crippen molar-refractivity contribution < 1.29 is 4.79 Å². The highest BCUT2D eigenvalue weighted by molar-refractivity contribution is 5.79. The fraction of sp³-hybridized carbons (Fsp3) is 0.500.